The summed E-state index contributed by atoms with van der Waals surface area (Å²) in [6.07, 6.45) is 0.857. The van der Waals surface area contributed by atoms with Crippen molar-refractivity contribution >= 4 is 23.4 Å². The van der Waals surface area contributed by atoms with E-state index in [-0.39, 0.29) is 12.6 Å². The number of nitrogens with one attached hydrogen (secondary N) is 2. The smallest absolute Gasteiger partial charge is 0.309 e. The van der Waals surface area contributed by atoms with E-state index in [1.165, 1.54) is 5.56 Å². The molecule has 0 bridgehead atoms. The first kappa shape index (κ1) is 21.3. The van der Waals surface area contributed by atoms with Crippen LogP contribution in [0, 0.1) is 0 Å². The Hall–Kier alpha value is -2.41. The van der Waals surface area contributed by atoms with Gasteiger partial charge in [0.2, 0.25) is 0 Å². The summed E-state index contributed by atoms with van der Waals surface area (Å²) in [5, 5.41) is 5.92. The molecular weight excluding hydrogens is 390 g/mol. The summed E-state index contributed by atoms with van der Waals surface area (Å²) in [7, 11) is 0. The Morgan fingerprint density at radius 3 is 2.52 bits per heavy atom. The Balaban J connectivity index is 1.32. The molecule has 1 atom stereocenters. The Kier molecular flexibility index (Phi) is 8.04. The van der Waals surface area contributed by atoms with E-state index in [9.17, 15) is 9.59 Å². The Labute approximate surface area is 176 Å². The zero-order valence-electron chi connectivity index (χ0n) is 16.3. The predicted octanol–water partition coefficient (Wildman–Crippen LogP) is 2.54. The molecule has 1 saturated heterocycles. The molecule has 2 aromatic rings. The molecule has 0 unspecified atom stereocenters. The summed E-state index contributed by atoms with van der Waals surface area (Å²) in [5.74, 6) is -1.24. The first-order valence-electron chi connectivity index (χ1n) is 9.81. The number of halogens is 1. The molecule has 2 aromatic carbocycles. The topological polar surface area (TPSA) is 70.7 Å². The van der Waals surface area contributed by atoms with Crippen molar-refractivity contribution in [2.45, 2.75) is 19.1 Å². The number of nitrogens with zero attached hydrogens (tertiary/aromatic N) is 1. The monoisotopic (exact) mass is 415 g/mol. The maximum atomic E-state index is 11.9. The molecule has 0 spiro atoms. The standard InChI is InChI=1S/C22H26ClN3O3/c23-19-9-7-17(8-10-19)15-25-22(28)21(27)24-11-4-12-26-13-14-29-20(16-26)18-5-2-1-3-6-18/h1-3,5-10,20H,4,11-16H2,(H,24,27)(H,25,28)/t20-/m0/s1. The maximum Gasteiger partial charge on any atom is 0.309 e. The van der Waals surface area contributed by atoms with Crippen molar-refractivity contribution in [3.63, 3.8) is 0 Å². The van der Waals surface area contributed by atoms with E-state index in [1.807, 2.05) is 30.3 Å². The van der Waals surface area contributed by atoms with E-state index >= 15 is 0 Å². The van der Waals surface area contributed by atoms with Gasteiger partial charge in [0, 0.05) is 37.7 Å². The second-order valence-corrected chi connectivity index (χ2v) is 7.43. The van der Waals surface area contributed by atoms with Crippen molar-refractivity contribution in [2.24, 2.45) is 0 Å². The van der Waals surface area contributed by atoms with Gasteiger partial charge in [-0.15, -0.1) is 0 Å². The largest absolute Gasteiger partial charge is 0.371 e. The summed E-state index contributed by atoms with van der Waals surface area (Å²) in [4.78, 5) is 26.2. The SMILES string of the molecule is O=C(NCCCN1CCO[C@H](c2ccccc2)C1)C(=O)NCc1ccc(Cl)cc1. The van der Waals surface area contributed by atoms with Gasteiger partial charge in [-0.05, 0) is 29.7 Å². The molecule has 2 amide bonds. The Bertz CT molecular complexity index is 799. The molecule has 1 aliphatic rings. The summed E-state index contributed by atoms with van der Waals surface area (Å²) >= 11 is 5.83. The van der Waals surface area contributed by atoms with Crippen LogP contribution in [-0.4, -0.2) is 49.5 Å². The number of hydrogen-bond donors (Lipinski definition) is 2. The van der Waals surface area contributed by atoms with E-state index in [2.05, 4.69) is 27.7 Å². The van der Waals surface area contributed by atoms with E-state index in [0.29, 0.717) is 18.2 Å². The highest BCUT2D eigenvalue weighted by Crippen LogP contribution is 2.21. The highest BCUT2D eigenvalue weighted by molar-refractivity contribution is 6.35. The summed E-state index contributed by atoms with van der Waals surface area (Å²) in [6, 6.07) is 17.3. The Morgan fingerprint density at radius 2 is 1.76 bits per heavy atom. The van der Waals surface area contributed by atoms with Crippen LogP contribution in [-0.2, 0) is 20.9 Å². The van der Waals surface area contributed by atoms with Crippen LogP contribution in [0.5, 0.6) is 0 Å². The first-order valence-corrected chi connectivity index (χ1v) is 10.2. The number of carbonyl (C=O) groups is 2. The number of hydrogen-bond acceptors (Lipinski definition) is 4. The van der Waals surface area contributed by atoms with Crippen LogP contribution in [0.2, 0.25) is 5.02 Å². The van der Waals surface area contributed by atoms with Gasteiger partial charge >= 0.3 is 11.8 Å². The quantitative estimate of drug-likeness (QED) is 0.538. The van der Waals surface area contributed by atoms with Crippen molar-refractivity contribution in [3.8, 4) is 0 Å². The van der Waals surface area contributed by atoms with Crippen molar-refractivity contribution in [1.82, 2.24) is 15.5 Å². The van der Waals surface area contributed by atoms with Gasteiger partial charge < -0.3 is 15.4 Å². The molecule has 2 N–H and O–H groups in total. The lowest BCUT2D eigenvalue weighted by molar-refractivity contribution is -0.139. The summed E-state index contributed by atoms with van der Waals surface area (Å²) < 4.78 is 5.87. The number of rotatable bonds is 7. The zero-order chi connectivity index (χ0) is 20.5. The zero-order valence-corrected chi connectivity index (χ0v) is 17.0. The molecule has 0 saturated carbocycles. The van der Waals surface area contributed by atoms with Crippen LogP contribution in [0.3, 0.4) is 0 Å². The van der Waals surface area contributed by atoms with Crippen LogP contribution >= 0.6 is 11.6 Å². The maximum absolute atomic E-state index is 11.9. The van der Waals surface area contributed by atoms with E-state index in [1.54, 1.807) is 12.1 Å². The number of morpholine rings is 1. The van der Waals surface area contributed by atoms with Gasteiger partial charge in [-0.1, -0.05) is 54.1 Å². The number of carbonyl (C=O) groups excluding carboxylic acids is 2. The minimum Gasteiger partial charge on any atom is -0.371 e. The summed E-state index contributed by atoms with van der Waals surface area (Å²) in [5.41, 5.74) is 2.07. The number of ether oxygens (including phenoxy) is 1. The van der Waals surface area contributed by atoms with Gasteiger partial charge in [-0.3, -0.25) is 14.5 Å². The molecule has 0 radical (unpaired) electrons. The Morgan fingerprint density at radius 1 is 1.03 bits per heavy atom. The normalized spacial score (nSPS) is 16.9. The second-order valence-electron chi connectivity index (χ2n) is 6.99. The fraction of sp³-hybridized carbons (Fsp3) is 0.364. The van der Waals surface area contributed by atoms with Crippen molar-refractivity contribution in [2.75, 3.05) is 32.8 Å². The van der Waals surface area contributed by atoms with Crippen molar-refractivity contribution in [3.05, 3.63) is 70.7 Å². The molecule has 0 aromatic heterocycles. The van der Waals surface area contributed by atoms with E-state index in [0.717, 1.165) is 31.6 Å². The number of benzene rings is 2. The lowest BCUT2D eigenvalue weighted by Gasteiger charge is -2.33. The molecule has 154 valence electrons. The molecule has 1 fully saturated rings. The molecule has 6 nitrogen and oxygen atoms in total. The van der Waals surface area contributed by atoms with Gasteiger partial charge in [0.25, 0.3) is 0 Å². The van der Waals surface area contributed by atoms with Gasteiger partial charge in [0.05, 0.1) is 12.7 Å². The van der Waals surface area contributed by atoms with E-state index < -0.39 is 11.8 Å². The fourth-order valence-corrected chi connectivity index (χ4v) is 3.35. The lowest BCUT2D eigenvalue weighted by Crippen LogP contribution is -2.42. The molecule has 1 heterocycles. The third-order valence-corrected chi connectivity index (χ3v) is 5.08. The predicted molar refractivity (Wildman–Crippen MR) is 113 cm³/mol. The van der Waals surface area contributed by atoms with Crippen LogP contribution in [0.25, 0.3) is 0 Å². The average Bonchev–Trinajstić information content (AvgIpc) is 2.77. The second kappa shape index (κ2) is 11.0. The molecular formula is C22H26ClN3O3. The lowest BCUT2D eigenvalue weighted by atomic mass is 10.1. The highest BCUT2D eigenvalue weighted by Gasteiger charge is 2.21. The van der Waals surface area contributed by atoms with Crippen LogP contribution in [0.4, 0.5) is 0 Å². The average molecular weight is 416 g/mol. The first-order chi connectivity index (χ1) is 14.1. The molecule has 1 aliphatic heterocycles. The van der Waals surface area contributed by atoms with Gasteiger partial charge in [0.15, 0.2) is 0 Å². The minimum atomic E-state index is -0.629. The minimum absolute atomic E-state index is 0.0817. The van der Waals surface area contributed by atoms with Crippen LogP contribution < -0.4 is 10.6 Å². The number of amides is 2. The molecule has 0 aliphatic carbocycles. The van der Waals surface area contributed by atoms with Crippen molar-refractivity contribution < 1.29 is 14.3 Å². The van der Waals surface area contributed by atoms with Gasteiger partial charge in [-0.25, -0.2) is 0 Å². The molecule has 29 heavy (non-hydrogen) atoms. The highest BCUT2D eigenvalue weighted by atomic mass is 35.5. The third kappa shape index (κ3) is 6.85. The van der Waals surface area contributed by atoms with E-state index in [4.69, 9.17) is 16.3 Å². The fourth-order valence-electron chi connectivity index (χ4n) is 3.22. The molecule has 3 rings (SSSR count). The van der Waals surface area contributed by atoms with Crippen molar-refractivity contribution in [1.29, 1.82) is 0 Å². The van der Waals surface area contributed by atoms with Gasteiger partial charge in [-0.2, -0.15) is 0 Å². The molecule has 7 heteroatoms. The van der Waals surface area contributed by atoms with Crippen LogP contribution in [0.15, 0.2) is 54.6 Å². The van der Waals surface area contributed by atoms with Gasteiger partial charge in [0.1, 0.15) is 0 Å². The van der Waals surface area contributed by atoms with Crippen LogP contribution in [0.1, 0.15) is 23.7 Å². The third-order valence-electron chi connectivity index (χ3n) is 4.83. The summed E-state index contributed by atoms with van der Waals surface area (Å²) in [6.45, 7) is 4.00.